The van der Waals surface area contributed by atoms with E-state index in [1.54, 1.807) is 0 Å². The normalized spacial score (nSPS) is 16.6. The van der Waals surface area contributed by atoms with Crippen molar-refractivity contribution in [2.75, 3.05) is 5.84 Å². The van der Waals surface area contributed by atoms with Gasteiger partial charge < -0.3 is 5.84 Å². The highest BCUT2D eigenvalue weighted by Crippen LogP contribution is 2.37. The molecule has 0 atom stereocenters. The van der Waals surface area contributed by atoms with Gasteiger partial charge in [-0.2, -0.15) is 0 Å². The maximum absolute atomic E-state index is 12.5. The number of benzene rings is 1. The van der Waals surface area contributed by atoms with Gasteiger partial charge in [0.1, 0.15) is 0 Å². The molecule has 1 aliphatic rings. The van der Waals surface area contributed by atoms with Crippen LogP contribution in [0.3, 0.4) is 0 Å². The van der Waals surface area contributed by atoms with E-state index in [4.69, 9.17) is 5.84 Å². The smallest absolute Gasteiger partial charge is 0.272 e. The first kappa shape index (κ1) is 13.2. The van der Waals surface area contributed by atoms with Gasteiger partial charge in [0.25, 0.3) is 5.56 Å². The summed E-state index contributed by atoms with van der Waals surface area (Å²) in [6.45, 7) is 2.05. The molecule has 0 amide bonds. The molecule has 0 spiro atoms. The summed E-state index contributed by atoms with van der Waals surface area (Å²) in [7, 11) is 0. The molecule has 0 saturated heterocycles. The molecule has 3 heteroatoms. The van der Waals surface area contributed by atoms with Crippen LogP contribution in [0.25, 0.3) is 10.9 Å². The van der Waals surface area contributed by atoms with E-state index in [0.29, 0.717) is 5.92 Å². The molecular weight excluding hydrogens is 248 g/mol. The third-order valence-electron chi connectivity index (χ3n) is 4.62. The second-order valence-corrected chi connectivity index (χ2v) is 5.77. The topological polar surface area (TPSA) is 48.0 Å². The van der Waals surface area contributed by atoms with Crippen molar-refractivity contribution in [2.45, 2.75) is 51.4 Å². The third kappa shape index (κ3) is 2.01. The highest BCUT2D eigenvalue weighted by molar-refractivity contribution is 5.84. The molecular formula is C17H22N2O. The Bertz CT molecular complexity index is 681. The first-order valence-corrected chi connectivity index (χ1v) is 7.65. The average molecular weight is 270 g/mol. The van der Waals surface area contributed by atoms with E-state index in [1.165, 1.54) is 47.7 Å². The maximum atomic E-state index is 12.5. The summed E-state index contributed by atoms with van der Waals surface area (Å²) in [6.07, 6.45) is 7.02. The van der Waals surface area contributed by atoms with Gasteiger partial charge in [-0.25, -0.2) is 4.68 Å². The minimum absolute atomic E-state index is 0.0215. The van der Waals surface area contributed by atoms with E-state index in [2.05, 4.69) is 13.0 Å². The van der Waals surface area contributed by atoms with Crippen LogP contribution in [-0.4, -0.2) is 4.68 Å². The van der Waals surface area contributed by atoms with E-state index in [9.17, 15) is 4.79 Å². The summed E-state index contributed by atoms with van der Waals surface area (Å²) in [6, 6.07) is 8.05. The van der Waals surface area contributed by atoms with Crippen molar-refractivity contribution in [3.63, 3.8) is 0 Å². The molecule has 20 heavy (non-hydrogen) atoms. The number of nitrogen functional groups attached to an aromatic ring is 1. The average Bonchev–Trinajstić information content (AvgIpc) is 2.51. The standard InChI is InChI=1S/C17H22N2O/c1-2-13-16(12-8-4-3-5-9-12)14-10-6-7-11-15(14)19(18)17(13)20/h6-7,10-12H,2-5,8-9,18H2,1H3. The highest BCUT2D eigenvalue weighted by Gasteiger charge is 2.23. The van der Waals surface area contributed by atoms with Crippen LogP contribution in [-0.2, 0) is 6.42 Å². The Morgan fingerprint density at radius 2 is 1.90 bits per heavy atom. The Morgan fingerprint density at radius 1 is 1.20 bits per heavy atom. The van der Waals surface area contributed by atoms with Gasteiger partial charge >= 0.3 is 0 Å². The van der Waals surface area contributed by atoms with Gasteiger partial charge in [0.05, 0.1) is 5.52 Å². The fraction of sp³-hybridized carbons (Fsp3) is 0.471. The fourth-order valence-electron chi connectivity index (χ4n) is 3.64. The molecule has 1 aromatic carbocycles. The summed E-state index contributed by atoms with van der Waals surface area (Å²) in [5.41, 5.74) is 3.02. The molecule has 3 rings (SSSR count). The van der Waals surface area contributed by atoms with Crippen LogP contribution < -0.4 is 11.4 Å². The van der Waals surface area contributed by atoms with Crippen molar-refractivity contribution >= 4 is 10.9 Å². The molecule has 0 radical (unpaired) electrons. The molecule has 1 fully saturated rings. The van der Waals surface area contributed by atoms with Gasteiger partial charge in [-0.05, 0) is 36.8 Å². The van der Waals surface area contributed by atoms with E-state index in [-0.39, 0.29) is 5.56 Å². The van der Waals surface area contributed by atoms with Crippen LogP contribution in [0.15, 0.2) is 29.1 Å². The van der Waals surface area contributed by atoms with Crippen LogP contribution >= 0.6 is 0 Å². The van der Waals surface area contributed by atoms with Crippen molar-refractivity contribution in [1.82, 2.24) is 4.68 Å². The number of para-hydroxylation sites is 1. The van der Waals surface area contributed by atoms with Gasteiger partial charge in [-0.1, -0.05) is 44.4 Å². The molecule has 106 valence electrons. The number of rotatable bonds is 2. The summed E-state index contributed by atoms with van der Waals surface area (Å²) < 4.78 is 1.32. The quantitative estimate of drug-likeness (QED) is 0.851. The predicted octanol–water partition coefficient (Wildman–Crippen LogP) is 3.33. The number of aromatic nitrogens is 1. The molecule has 1 heterocycles. The van der Waals surface area contributed by atoms with Crippen LogP contribution in [0.4, 0.5) is 0 Å². The van der Waals surface area contributed by atoms with Crippen molar-refractivity contribution in [1.29, 1.82) is 0 Å². The van der Waals surface area contributed by atoms with Gasteiger partial charge in [-0.15, -0.1) is 0 Å². The number of fused-ring (bicyclic) bond motifs is 1. The first-order chi connectivity index (χ1) is 9.74. The maximum Gasteiger partial charge on any atom is 0.272 e. The Kier molecular flexibility index (Phi) is 3.51. The van der Waals surface area contributed by atoms with Gasteiger partial charge in [0.15, 0.2) is 0 Å². The molecule has 2 aromatic rings. The summed E-state index contributed by atoms with van der Waals surface area (Å²) >= 11 is 0. The lowest BCUT2D eigenvalue weighted by molar-refractivity contribution is 0.443. The zero-order chi connectivity index (χ0) is 14.1. The number of nitrogens with zero attached hydrogens (tertiary/aromatic N) is 1. The monoisotopic (exact) mass is 270 g/mol. The second kappa shape index (κ2) is 5.31. The SMILES string of the molecule is CCc1c(C2CCCCC2)c2ccccc2n(N)c1=O. The molecule has 0 bridgehead atoms. The Labute approximate surface area is 119 Å². The lowest BCUT2D eigenvalue weighted by Crippen LogP contribution is -2.32. The fourth-order valence-corrected chi connectivity index (χ4v) is 3.64. The summed E-state index contributed by atoms with van der Waals surface area (Å²) in [4.78, 5) is 12.5. The number of pyridine rings is 1. The van der Waals surface area contributed by atoms with Crippen molar-refractivity contribution < 1.29 is 0 Å². The third-order valence-corrected chi connectivity index (χ3v) is 4.62. The zero-order valence-corrected chi connectivity index (χ0v) is 12.1. The van der Waals surface area contributed by atoms with E-state index >= 15 is 0 Å². The zero-order valence-electron chi connectivity index (χ0n) is 12.1. The van der Waals surface area contributed by atoms with E-state index in [1.807, 2.05) is 18.2 Å². The molecule has 1 saturated carbocycles. The molecule has 0 unspecified atom stereocenters. The lowest BCUT2D eigenvalue weighted by atomic mass is 9.80. The molecule has 2 N–H and O–H groups in total. The minimum Gasteiger partial charge on any atom is -0.336 e. The number of nitrogens with two attached hydrogens (primary N) is 1. The molecule has 0 aliphatic heterocycles. The summed E-state index contributed by atoms with van der Waals surface area (Å²) in [5, 5.41) is 1.17. The lowest BCUT2D eigenvalue weighted by Gasteiger charge is -2.26. The largest absolute Gasteiger partial charge is 0.336 e. The van der Waals surface area contributed by atoms with E-state index < -0.39 is 0 Å². The van der Waals surface area contributed by atoms with Gasteiger partial charge in [0.2, 0.25) is 0 Å². The van der Waals surface area contributed by atoms with Crippen LogP contribution in [0, 0.1) is 0 Å². The van der Waals surface area contributed by atoms with Crippen molar-refractivity contribution in [2.24, 2.45) is 0 Å². The van der Waals surface area contributed by atoms with E-state index in [0.717, 1.165) is 17.5 Å². The van der Waals surface area contributed by atoms with Crippen molar-refractivity contribution in [3.05, 3.63) is 45.7 Å². The number of hydrogen-bond acceptors (Lipinski definition) is 2. The molecule has 1 aliphatic carbocycles. The van der Waals surface area contributed by atoms with Crippen LogP contribution in [0.5, 0.6) is 0 Å². The first-order valence-electron chi connectivity index (χ1n) is 7.65. The summed E-state index contributed by atoms with van der Waals surface area (Å²) in [5.74, 6) is 6.52. The number of hydrogen-bond donors (Lipinski definition) is 1. The van der Waals surface area contributed by atoms with Crippen molar-refractivity contribution in [3.8, 4) is 0 Å². The minimum atomic E-state index is -0.0215. The highest BCUT2D eigenvalue weighted by atomic mass is 16.1. The molecule has 3 nitrogen and oxygen atoms in total. The Balaban J connectivity index is 2.32. The van der Waals surface area contributed by atoms with Crippen LogP contribution in [0.2, 0.25) is 0 Å². The predicted molar refractivity (Wildman–Crippen MR) is 83.6 cm³/mol. The Hall–Kier alpha value is -1.77. The van der Waals surface area contributed by atoms with Gasteiger partial charge in [-0.3, -0.25) is 4.79 Å². The van der Waals surface area contributed by atoms with Gasteiger partial charge in [0, 0.05) is 10.9 Å². The second-order valence-electron chi connectivity index (χ2n) is 5.77. The Morgan fingerprint density at radius 3 is 2.60 bits per heavy atom. The molecule has 1 aromatic heterocycles. The van der Waals surface area contributed by atoms with Crippen LogP contribution in [0.1, 0.15) is 56.1 Å².